The van der Waals surface area contributed by atoms with Crippen LogP contribution in [-0.4, -0.2) is 24.0 Å². The van der Waals surface area contributed by atoms with Crippen LogP contribution in [0.3, 0.4) is 0 Å². The van der Waals surface area contributed by atoms with Gasteiger partial charge in [-0.25, -0.2) is 4.79 Å². The molecular weight excluding hydrogens is 292 g/mol. The highest BCUT2D eigenvalue weighted by Gasteiger charge is 2.14. The number of hydrogen-bond donors (Lipinski definition) is 1. The number of urea groups is 1. The predicted molar refractivity (Wildman–Crippen MR) is 76.4 cm³/mol. The molecule has 1 aliphatic heterocycles. The molecule has 1 aromatic carbocycles. The standard InChI is InChI=1S/C14H19BrN2O/c15-13-7-5-6-12(10-13)11-16-14(18)17-8-3-1-2-4-9-17/h5-7,10H,1-4,8-9,11H2,(H,16,18). The second-order valence-corrected chi connectivity index (χ2v) is 5.61. The molecule has 0 radical (unpaired) electrons. The van der Waals surface area contributed by atoms with Crippen molar-refractivity contribution < 1.29 is 4.79 Å². The van der Waals surface area contributed by atoms with E-state index in [9.17, 15) is 4.79 Å². The molecule has 1 N–H and O–H groups in total. The van der Waals surface area contributed by atoms with Gasteiger partial charge in [-0.05, 0) is 30.5 Å². The first kappa shape index (κ1) is 13.4. The van der Waals surface area contributed by atoms with E-state index in [0.717, 1.165) is 36.0 Å². The maximum Gasteiger partial charge on any atom is 0.317 e. The van der Waals surface area contributed by atoms with Crippen molar-refractivity contribution in [1.29, 1.82) is 0 Å². The second kappa shape index (κ2) is 6.78. The van der Waals surface area contributed by atoms with Crippen LogP contribution in [0.25, 0.3) is 0 Å². The summed E-state index contributed by atoms with van der Waals surface area (Å²) in [7, 11) is 0. The molecular formula is C14H19BrN2O. The van der Waals surface area contributed by atoms with Gasteiger partial charge in [0.1, 0.15) is 0 Å². The lowest BCUT2D eigenvalue weighted by atomic mass is 10.2. The summed E-state index contributed by atoms with van der Waals surface area (Å²) in [5.74, 6) is 0. The third-order valence-corrected chi connectivity index (χ3v) is 3.72. The minimum Gasteiger partial charge on any atom is -0.334 e. The number of hydrogen-bond acceptors (Lipinski definition) is 1. The van der Waals surface area contributed by atoms with Crippen molar-refractivity contribution in [3.8, 4) is 0 Å². The Kier molecular flexibility index (Phi) is 5.05. The molecule has 1 fully saturated rings. The number of carbonyl (C=O) groups is 1. The van der Waals surface area contributed by atoms with Crippen molar-refractivity contribution in [1.82, 2.24) is 10.2 Å². The van der Waals surface area contributed by atoms with Crippen molar-refractivity contribution in [2.45, 2.75) is 32.2 Å². The van der Waals surface area contributed by atoms with Gasteiger partial charge >= 0.3 is 6.03 Å². The van der Waals surface area contributed by atoms with E-state index >= 15 is 0 Å². The lowest BCUT2D eigenvalue weighted by molar-refractivity contribution is 0.199. The molecule has 1 aliphatic rings. The zero-order valence-corrected chi connectivity index (χ0v) is 12.1. The molecule has 0 bridgehead atoms. The Balaban J connectivity index is 1.83. The minimum atomic E-state index is 0.0666. The maximum absolute atomic E-state index is 12.0. The summed E-state index contributed by atoms with van der Waals surface area (Å²) in [4.78, 5) is 13.9. The Morgan fingerprint density at radius 3 is 2.61 bits per heavy atom. The maximum atomic E-state index is 12.0. The van der Waals surface area contributed by atoms with Gasteiger partial charge in [-0.1, -0.05) is 40.9 Å². The van der Waals surface area contributed by atoms with Crippen molar-refractivity contribution in [2.24, 2.45) is 0 Å². The van der Waals surface area contributed by atoms with E-state index in [4.69, 9.17) is 0 Å². The van der Waals surface area contributed by atoms with Gasteiger partial charge in [-0.2, -0.15) is 0 Å². The first-order valence-electron chi connectivity index (χ1n) is 6.53. The summed E-state index contributed by atoms with van der Waals surface area (Å²) in [5.41, 5.74) is 1.12. The van der Waals surface area contributed by atoms with Gasteiger partial charge in [-0.15, -0.1) is 0 Å². The number of carbonyl (C=O) groups excluding carboxylic acids is 1. The van der Waals surface area contributed by atoms with E-state index in [-0.39, 0.29) is 6.03 Å². The summed E-state index contributed by atoms with van der Waals surface area (Å²) >= 11 is 3.43. The van der Waals surface area contributed by atoms with Crippen LogP contribution >= 0.6 is 15.9 Å². The number of nitrogens with one attached hydrogen (secondary N) is 1. The third-order valence-electron chi connectivity index (χ3n) is 3.23. The largest absolute Gasteiger partial charge is 0.334 e. The fourth-order valence-corrected chi connectivity index (χ4v) is 2.66. The number of benzene rings is 1. The quantitative estimate of drug-likeness (QED) is 0.890. The molecule has 18 heavy (non-hydrogen) atoms. The van der Waals surface area contributed by atoms with E-state index in [1.165, 1.54) is 12.8 Å². The van der Waals surface area contributed by atoms with Crippen molar-refractivity contribution >= 4 is 22.0 Å². The molecule has 4 heteroatoms. The first-order valence-corrected chi connectivity index (χ1v) is 7.32. The second-order valence-electron chi connectivity index (χ2n) is 4.69. The summed E-state index contributed by atoms with van der Waals surface area (Å²) in [6.07, 6.45) is 4.75. The van der Waals surface area contributed by atoms with Gasteiger partial charge in [0.15, 0.2) is 0 Å². The smallest absolute Gasteiger partial charge is 0.317 e. The summed E-state index contributed by atoms with van der Waals surface area (Å²) < 4.78 is 1.05. The molecule has 1 heterocycles. The molecule has 0 aliphatic carbocycles. The van der Waals surface area contributed by atoms with Crippen LogP contribution < -0.4 is 5.32 Å². The average Bonchev–Trinajstić information content (AvgIpc) is 2.65. The van der Waals surface area contributed by atoms with Crippen LogP contribution in [0.1, 0.15) is 31.2 Å². The topological polar surface area (TPSA) is 32.3 Å². The van der Waals surface area contributed by atoms with Crippen LogP contribution in [0, 0.1) is 0 Å². The number of likely N-dealkylation sites (tertiary alicyclic amines) is 1. The molecule has 2 amide bonds. The Bertz CT molecular complexity index is 401. The van der Waals surface area contributed by atoms with Crippen LogP contribution in [0.2, 0.25) is 0 Å². The van der Waals surface area contributed by atoms with Crippen molar-refractivity contribution in [3.63, 3.8) is 0 Å². The van der Waals surface area contributed by atoms with Crippen LogP contribution in [0.15, 0.2) is 28.7 Å². The van der Waals surface area contributed by atoms with Gasteiger partial charge in [0.2, 0.25) is 0 Å². The third kappa shape index (κ3) is 4.02. The van der Waals surface area contributed by atoms with E-state index in [0.29, 0.717) is 6.54 Å². The van der Waals surface area contributed by atoms with Gasteiger partial charge in [0.25, 0.3) is 0 Å². The van der Waals surface area contributed by atoms with Crippen LogP contribution in [0.5, 0.6) is 0 Å². The molecule has 0 saturated carbocycles. The summed E-state index contributed by atoms with van der Waals surface area (Å²) in [6.45, 7) is 2.38. The Morgan fingerprint density at radius 2 is 1.94 bits per heavy atom. The molecule has 3 nitrogen and oxygen atoms in total. The Labute approximate surface area is 117 Å². The molecule has 0 spiro atoms. The van der Waals surface area contributed by atoms with Gasteiger partial charge in [0.05, 0.1) is 0 Å². The number of halogens is 1. The highest BCUT2D eigenvalue weighted by Crippen LogP contribution is 2.12. The highest BCUT2D eigenvalue weighted by molar-refractivity contribution is 9.10. The molecule has 1 saturated heterocycles. The van der Waals surface area contributed by atoms with Gasteiger partial charge in [-0.3, -0.25) is 0 Å². The first-order chi connectivity index (χ1) is 8.75. The minimum absolute atomic E-state index is 0.0666. The summed E-state index contributed by atoms with van der Waals surface area (Å²) in [6, 6.07) is 8.09. The Hall–Kier alpha value is -1.03. The van der Waals surface area contributed by atoms with Gasteiger partial charge in [0, 0.05) is 24.1 Å². The molecule has 0 unspecified atom stereocenters. The molecule has 0 aromatic heterocycles. The zero-order chi connectivity index (χ0) is 12.8. The monoisotopic (exact) mass is 310 g/mol. The average molecular weight is 311 g/mol. The number of rotatable bonds is 2. The summed E-state index contributed by atoms with van der Waals surface area (Å²) in [5, 5.41) is 2.99. The molecule has 1 aromatic rings. The zero-order valence-electron chi connectivity index (χ0n) is 10.5. The fraction of sp³-hybridized carbons (Fsp3) is 0.500. The van der Waals surface area contributed by atoms with Crippen LogP contribution in [0.4, 0.5) is 4.79 Å². The fourth-order valence-electron chi connectivity index (χ4n) is 2.21. The highest BCUT2D eigenvalue weighted by atomic mass is 79.9. The molecule has 2 rings (SSSR count). The van der Waals surface area contributed by atoms with Gasteiger partial charge < -0.3 is 10.2 Å². The Morgan fingerprint density at radius 1 is 1.22 bits per heavy atom. The molecule has 0 atom stereocenters. The van der Waals surface area contributed by atoms with E-state index in [1.807, 2.05) is 29.2 Å². The normalized spacial score (nSPS) is 16.2. The number of amides is 2. The van der Waals surface area contributed by atoms with E-state index < -0.39 is 0 Å². The van der Waals surface area contributed by atoms with Crippen LogP contribution in [-0.2, 0) is 6.54 Å². The number of nitrogens with zero attached hydrogens (tertiary/aromatic N) is 1. The van der Waals surface area contributed by atoms with E-state index in [1.54, 1.807) is 0 Å². The SMILES string of the molecule is O=C(NCc1cccc(Br)c1)N1CCCCCC1. The van der Waals surface area contributed by atoms with E-state index in [2.05, 4.69) is 21.2 Å². The predicted octanol–water partition coefficient (Wildman–Crippen LogP) is 3.53. The van der Waals surface area contributed by atoms with Crippen molar-refractivity contribution in [2.75, 3.05) is 13.1 Å². The lowest BCUT2D eigenvalue weighted by Crippen LogP contribution is -2.40. The van der Waals surface area contributed by atoms with Crippen molar-refractivity contribution in [3.05, 3.63) is 34.3 Å². The lowest BCUT2D eigenvalue weighted by Gasteiger charge is -2.20. The molecule has 98 valence electrons.